The van der Waals surface area contributed by atoms with Gasteiger partial charge in [-0.3, -0.25) is 0 Å². The highest BCUT2D eigenvalue weighted by Crippen LogP contribution is 2.27. The van der Waals surface area contributed by atoms with Crippen molar-refractivity contribution in [1.29, 1.82) is 0 Å². The molecule has 1 unspecified atom stereocenters. The van der Waals surface area contributed by atoms with Crippen LogP contribution in [-0.2, 0) is 0 Å². The van der Waals surface area contributed by atoms with Crippen LogP contribution in [0, 0.1) is 5.92 Å². The Bertz CT molecular complexity index is 230. The van der Waals surface area contributed by atoms with Gasteiger partial charge in [-0.2, -0.15) is 0 Å². The summed E-state index contributed by atoms with van der Waals surface area (Å²) >= 11 is 0. The summed E-state index contributed by atoms with van der Waals surface area (Å²) in [5.74, 6) is 0.732. The predicted octanol–water partition coefficient (Wildman–Crippen LogP) is 3.62. The lowest BCUT2D eigenvalue weighted by molar-refractivity contribution is 0.610. The minimum Gasteiger partial charge on any atom is -0.0879 e. The molecular formula is C12H16. The van der Waals surface area contributed by atoms with Crippen LogP contribution in [0.3, 0.4) is 0 Å². The zero-order valence-corrected chi connectivity index (χ0v) is 7.50. The Morgan fingerprint density at radius 2 is 2.08 bits per heavy atom. The van der Waals surface area contributed by atoms with E-state index in [0.29, 0.717) is 0 Å². The zero-order valence-electron chi connectivity index (χ0n) is 7.50. The molecule has 0 amide bonds. The number of allylic oxidation sites excluding steroid dienone is 6. The quantitative estimate of drug-likeness (QED) is 0.514. The fourth-order valence-corrected chi connectivity index (χ4v) is 2.00. The third-order valence-corrected chi connectivity index (χ3v) is 2.71. The second-order valence-electron chi connectivity index (χ2n) is 3.65. The van der Waals surface area contributed by atoms with Crippen LogP contribution in [-0.4, -0.2) is 0 Å². The van der Waals surface area contributed by atoms with Gasteiger partial charge in [-0.15, -0.1) is 0 Å². The summed E-state index contributed by atoms with van der Waals surface area (Å²) in [7, 11) is 0. The highest BCUT2D eigenvalue weighted by atomic mass is 14.2. The zero-order chi connectivity index (χ0) is 8.23. The van der Waals surface area contributed by atoms with Crippen LogP contribution in [0.15, 0.2) is 36.0 Å². The van der Waals surface area contributed by atoms with Crippen molar-refractivity contribution in [3.63, 3.8) is 0 Å². The van der Waals surface area contributed by atoms with Crippen LogP contribution in [0.25, 0.3) is 0 Å². The van der Waals surface area contributed by atoms with E-state index in [0.717, 1.165) is 5.92 Å². The number of hydrogen-bond acceptors (Lipinski definition) is 0. The molecule has 0 spiro atoms. The average molecular weight is 160 g/mol. The third kappa shape index (κ3) is 1.69. The van der Waals surface area contributed by atoms with Crippen molar-refractivity contribution >= 4 is 0 Å². The molecule has 0 saturated carbocycles. The molecule has 2 aliphatic rings. The summed E-state index contributed by atoms with van der Waals surface area (Å²) in [5.41, 5.74) is 1.55. The second kappa shape index (κ2) is 3.75. The van der Waals surface area contributed by atoms with Gasteiger partial charge in [-0.1, -0.05) is 30.4 Å². The van der Waals surface area contributed by atoms with Crippen molar-refractivity contribution in [3.8, 4) is 0 Å². The van der Waals surface area contributed by atoms with Gasteiger partial charge in [-0.25, -0.2) is 0 Å². The number of hydrogen-bond donors (Lipinski definition) is 0. The van der Waals surface area contributed by atoms with E-state index >= 15 is 0 Å². The minimum absolute atomic E-state index is 0.732. The normalized spacial score (nSPS) is 28.7. The summed E-state index contributed by atoms with van der Waals surface area (Å²) in [4.78, 5) is 0. The molecule has 0 nitrogen and oxygen atoms in total. The molecule has 0 radical (unpaired) electrons. The Kier molecular flexibility index (Phi) is 2.45. The van der Waals surface area contributed by atoms with Crippen molar-refractivity contribution < 1.29 is 0 Å². The molecule has 64 valence electrons. The average Bonchev–Trinajstić information content (AvgIpc) is 2.21. The van der Waals surface area contributed by atoms with Gasteiger partial charge in [0.05, 0.1) is 0 Å². The maximum Gasteiger partial charge on any atom is 0.00148 e. The Morgan fingerprint density at radius 3 is 2.75 bits per heavy atom. The molecule has 0 aliphatic heterocycles. The minimum atomic E-state index is 0.732. The molecule has 12 heavy (non-hydrogen) atoms. The van der Waals surface area contributed by atoms with Crippen LogP contribution in [0.1, 0.15) is 32.1 Å². The first-order chi connectivity index (χ1) is 5.97. The standard InChI is InChI=1S/C12H16/c1-3-7-11(8-4-1)12-9-5-2-6-10-12/h3,5,7-9,12H,1-2,4,6,10H2. The molecule has 0 heteroatoms. The first-order valence-corrected chi connectivity index (χ1v) is 5.00. The van der Waals surface area contributed by atoms with Crippen molar-refractivity contribution in [2.75, 3.05) is 0 Å². The largest absolute Gasteiger partial charge is 0.0879 e. The summed E-state index contributed by atoms with van der Waals surface area (Å²) in [6.07, 6.45) is 18.2. The molecule has 0 aromatic heterocycles. The lowest BCUT2D eigenvalue weighted by Gasteiger charge is -2.19. The fourth-order valence-electron chi connectivity index (χ4n) is 2.00. The predicted molar refractivity (Wildman–Crippen MR) is 52.9 cm³/mol. The van der Waals surface area contributed by atoms with Crippen LogP contribution in [0.5, 0.6) is 0 Å². The number of rotatable bonds is 1. The fraction of sp³-hybridized carbons (Fsp3) is 0.500. The second-order valence-corrected chi connectivity index (χ2v) is 3.65. The van der Waals surface area contributed by atoms with E-state index in [9.17, 15) is 0 Å². The summed E-state index contributed by atoms with van der Waals surface area (Å²) in [6, 6.07) is 0. The molecule has 2 rings (SSSR count). The SMILES string of the molecule is C1=CC(C2C=CCCC2)=CCC1. The van der Waals surface area contributed by atoms with Gasteiger partial charge in [0, 0.05) is 5.92 Å². The van der Waals surface area contributed by atoms with E-state index in [1.165, 1.54) is 32.1 Å². The van der Waals surface area contributed by atoms with E-state index in [-0.39, 0.29) is 0 Å². The van der Waals surface area contributed by atoms with Gasteiger partial charge in [0.25, 0.3) is 0 Å². The van der Waals surface area contributed by atoms with Gasteiger partial charge in [-0.05, 0) is 37.7 Å². The van der Waals surface area contributed by atoms with E-state index < -0.39 is 0 Å². The highest BCUT2D eigenvalue weighted by molar-refractivity contribution is 5.28. The Labute approximate surface area is 74.7 Å². The van der Waals surface area contributed by atoms with Gasteiger partial charge in [0.15, 0.2) is 0 Å². The maximum absolute atomic E-state index is 2.40. The van der Waals surface area contributed by atoms with Crippen molar-refractivity contribution in [2.24, 2.45) is 5.92 Å². The molecule has 0 heterocycles. The smallest absolute Gasteiger partial charge is 0.00148 e. The molecule has 0 aromatic rings. The topological polar surface area (TPSA) is 0 Å². The van der Waals surface area contributed by atoms with Crippen molar-refractivity contribution in [1.82, 2.24) is 0 Å². The molecule has 0 fully saturated rings. The van der Waals surface area contributed by atoms with E-state index in [4.69, 9.17) is 0 Å². The van der Waals surface area contributed by atoms with Crippen LogP contribution in [0.2, 0.25) is 0 Å². The van der Waals surface area contributed by atoms with Crippen LogP contribution < -0.4 is 0 Å². The summed E-state index contributed by atoms with van der Waals surface area (Å²) in [6.45, 7) is 0. The van der Waals surface area contributed by atoms with Crippen molar-refractivity contribution in [3.05, 3.63) is 36.0 Å². The van der Waals surface area contributed by atoms with E-state index in [1.54, 1.807) is 5.57 Å². The molecular weight excluding hydrogens is 144 g/mol. The van der Waals surface area contributed by atoms with Gasteiger partial charge >= 0.3 is 0 Å². The van der Waals surface area contributed by atoms with Crippen LogP contribution in [0.4, 0.5) is 0 Å². The van der Waals surface area contributed by atoms with E-state index in [1.807, 2.05) is 0 Å². The lowest BCUT2D eigenvalue weighted by atomic mass is 9.86. The Balaban J connectivity index is 2.07. The summed E-state index contributed by atoms with van der Waals surface area (Å²) < 4.78 is 0. The first-order valence-electron chi connectivity index (χ1n) is 5.00. The molecule has 0 bridgehead atoms. The van der Waals surface area contributed by atoms with Crippen molar-refractivity contribution in [2.45, 2.75) is 32.1 Å². The molecule has 2 aliphatic carbocycles. The highest BCUT2D eigenvalue weighted by Gasteiger charge is 2.11. The molecule has 1 atom stereocenters. The monoisotopic (exact) mass is 160 g/mol. The van der Waals surface area contributed by atoms with Crippen LogP contribution >= 0.6 is 0 Å². The van der Waals surface area contributed by atoms with E-state index in [2.05, 4.69) is 30.4 Å². The van der Waals surface area contributed by atoms with Gasteiger partial charge in [0.1, 0.15) is 0 Å². The molecule has 0 N–H and O–H groups in total. The molecule has 0 saturated heterocycles. The summed E-state index contributed by atoms with van der Waals surface area (Å²) in [5, 5.41) is 0. The third-order valence-electron chi connectivity index (χ3n) is 2.71. The Hall–Kier alpha value is -0.780. The van der Waals surface area contributed by atoms with Gasteiger partial charge < -0.3 is 0 Å². The van der Waals surface area contributed by atoms with Gasteiger partial charge in [0.2, 0.25) is 0 Å². The Morgan fingerprint density at radius 1 is 1.08 bits per heavy atom. The maximum atomic E-state index is 2.40. The molecule has 0 aromatic carbocycles. The lowest BCUT2D eigenvalue weighted by Crippen LogP contribution is -2.04. The first kappa shape index (κ1) is 7.85.